The third-order valence-electron chi connectivity index (χ3n) is 5.26. The average Bonchev–Trinajstić information content (AvgIpc) is 2.31. The van der Waals surface area contributed by atoms with Gasteiger partial charge in [-0.1, -0.05) is 66.1 Å². The van der Waals surface area contributed by atoms with Crippen molar-refractivity contribution < 1.29 is 10.2 Å². The van der Waals surface area contributed by atoms with E-state index in [1.54, 1.807) is 0 Å². The van der Waals surface area contributed by atoms with Gasteiger partial charge in [0.15, 0.2) is 0 Å². The molecule has 0 amide bonds. The fourth-order valence-electron chi connectivity index (χ4n) is 2.99. The molecule has 2 nitrogen and oxygen atoms in total. The number of rotatable bonds is 0. The topological polar surface area (TPSA) is 40.5 Å². The molecule has 3 heteroatoms. The summed E-state index contributed by atoms with van der Waals surface area (Å²) >= 11 is 0. The third kappa shape index (κ3) is 3.43. The predicted octanol–water partition coefficient (Wildman–Crippen LogP) is 3.44. The first-order chi connectivity index (χ1) is 9.58. The van der Waals surface area contributed by atoms with Crippen molar-refractivity contribution in [1.29, 1.82) is 0 Å². The maximum absolute atomic E-state index is 11.4. The molecule has 0 bridgehead atoms. The summed E-state index contributed by atoms with van der Waals surface area (Å²) in [5.74, 6) is 5.81. The molecule has 1 saturated carbocycles. The van der Waals surface area contributed by atoms with Gasteiger partial charge in [0, 0.05) is 5.41 Å². The van der Waals surface area contributed by atoms with E-state index in [1.165, 1.54) is 0 Å². The van der Waals surface area contributed by atoms with Crippen LogP contribution < -0.4 is 0 Å². The molecule has 2 N–H and O–H groups in total. The molecular formula is C19H32O2Si. The molecule has 0 aromatic rings. The Bertz CT molecular complexity index is 533. The first-order valence-corrected chi connectivity index (χ1v) is 11.5. The van der Waals surface area contributed by atoms with Crippen LogP contribution in [0, 0.1) is 40.6 Å². The zero-order valence-corrected chi connectivity index (χ0v) is 16.5. The van der Waals surface area contributed by atoms with Crippen molar-refractivity contribution in [2.24, 2.45) is 16.7 Å². The van der Waals surface area contributed by atoms with Crippen molar-refractivity contribution in [1.82, 2.24) is 0 Å². The normalized spacial score (nSPS) is 35.2. The molecule has 0 aliphatic heterocycles. The van der Waals surface area contributed by atoms with Gasteiger partial charge in [-0.3, -0.25) is 0 Å². The number of aliphatic hydroxyl groups is 2. The summed E-state index contributed by atoms with van der Waals surface area (Å²) in [5.41, 5.74) is -0.265. The second kappa shape index (κ2) is 5.41. The van der Waals surface area contributed by atoms with Gasteiger partial charge in [-0.2, -0.15) is 0 Å². The van der Waals surface area contributed by atoms with Crippen LogP contribution in [0.3, 0.4) is 0 Å². The summed E-state index contributed by atoms with van der Waals surface area (Å²) in [6, 6.07) is 0. The van der Waals surface area contributed by atoms with Gasteiger partial charge in [0.25, 0.3) is 0 Å². The van der Waals surface area contributed by atoms with Crippen LogP contribution in [0.1, 0.15) is 47.5 Å². The van der Waals surface area contributed by atoms with E-state index in [2.05, 4.69) is 57.8 Å². The molecule has 3 unspecified atom stereocenters. The van der Waals surface area contributed by atoms with Crippen molar-refractivity contribution in [3.05, 3.63) is 0 Å². The second-order valence-corrected chi connectivity index (χ2v) is 14.2. The molecule has 1 fully saturated rings. The third-order valence-corrected chi connectivity index (χ3v) is 6.13. The first-order valence-electron chi connectivity index (χ1n) is 8.05. The Labute approximate surface area is 137 Å². The summed E-state index contributed by atoms with van der Waals surface area (Å²) in [7, 11) is -1.63. The van der Waals surface area contributed by atoms with Gasteiger partial charge in [-0.25, -0.2) is 0 Å². The van der Waals surface area contributed by atoms with E-state index in [9.17, 15) is 10.2 Å². The van der Waals surface area contributed by atoms with E-state index in [4.69, 9.17) is 6.42 Å². The smallest absolute Gasteiger partial charge is 0.134 e. The van der Waals surface area contributed by atoms with E-state index in [-0.39, 0.29) is 11.3 Å². The summed E-state index contributed by atoms with van der Waals surface area (Å²) in [4.78, 5) is 0. The van der Waals surface area contributed by atoms with E-state index >= 15 is 0 Å². The molecule has 22 heavy (non-hydrogen) atoms. The summed E-state index contributed by atoms with van der Waals surface area (Å²) in [6.07, 6.45) is 6.71. The molecule has 0 heterocycles. The van der Waals surface area contributed by atoms with Crippen molar-refractivity contribution in [3.8, 4) is 23.8 Å². The molecule has 0 aromatic heterocycles. The summed E-state index contributed by atoms with van der Waals surface area (Å²) in [6.45, 7) is 16.5. The number of hydrogen-bond donors (Lipinski definition) is 2. The van der Waals surface area contributed by atoms with Gasteiger partial charge in [0.1, 0.15) is 19.3 Å². The van der Waals surface area contributed by atoms with Crippen LogP contribution in [0.15, 0.2) is 0 Å². The Hall–Kier alpha value is -0.743. The second-order valence-electron chi connectivity index (χ2n) is 9.46. The van der Waals surface area contributed by atoms with Crippen LogP contribution in [0.2, 0.25) is 19.6 Å². The molecule has 1 rings (SSSR count). The maximum atomic E-state index is 11.4. The lowest BCUT2D eigenvalue weighted by Crippen LogP contribution is -2.64. The molecule has 0 radical (unpaired) electrons. The van der Waals surface area contributed by atoms with Gasteiger partial charge < -0.3 is 10.2 Å². The van der Waals surface area contributed by atoms with Crippen molar-refractivity contribution >= 4 is 8.07 Å². The van der Waals surface area contributed by atoms with Gasteiger partial charge in [0.05, 0.1) is 0 Å². The largest absolute Gasteiger partial charge is 0.377 e. The molecule has 3 atom stereocenters. The monoisotopic (exact) mass is 320 g/mol. The zero-order chi connectivity index (χ0) is 17.6. The Morgan fingerprint density at radius 2 is 1.50 bits per heavy atom. The molecule has 0 aromatic carbocycles. The standard InChI is InChI=1S/C19H32O2Si/c1-10-18(20)13-15(16(2,3)4)14-19(21,17(18,5)6)11-12-22(7,8)9/h1,15,20-21H,13-14H2,2-9H3. The SMILES string of the molecule is C#CC1(O)CC(C(C)(C)C)CC(O)(C#C[Si](C)(C)C)C1(C)C. The van der Waals surface area contributed by atoms with Crippen molar-refractivity contribution in [3.63, 3.8) is 0 Å². The summed E-state index contributed by atoms with van der Waals surface area (Å²) in [5, 5.41) is 22.4. The van der Waals surface area contributed by atoms with Gasteiger partial charge >= 0.3 is 0 Å². The highest BCUT2D eigenvalue weighted by molar-refractivity contribution is 6.83. The molecule has 1 aliphatic carbocycles. The summed E-state index contributed by atoms with van der Waals surface area (Å²) < 4.78 is 0. The fraction of sp³-hybridized carbons (Fsp3) is 0.789. The fourth-order valence-corrected chi connectivity index (χ4v) is 3.57. The lowest BCUT2D eigenvalue weighted by atomic mass is 9.51. The number of terminal acetylenes is 1. The van der Waals surface area contributed by atoms with Crippen LogP contribution in [-0.2, 0) is 0 Å². The predicted molar refractivity (Wildman–Crippen MR) is 95.8 cm³/mol. The first kappa shape index (κ1) is 19.3. The van der Waals surface area contributed by atoms with Crippen LogP contribution >= 0.6 is 0 Å². The average molecular weight is 321 g/mol. The minimum Gasteiger partial charge on any atom is -0.377 e. The van der Waals surface area contributed by atoms with Crippen LogP contribution in [0.25, 0.3) is 0 Å². The van der Waals surface area contributed by atoms with E-state index in [0.717, 1.165) is 0 Å². The molecular weight excluding hydrogens is 288 g/mol. The quantitative estimate of drug-likeness (QED) is 0.530. The Morgan fingerprint density at radius 1 is 1.05 bits per heavy atom. The van der Waals surface area contributed by atoms with Crippen LogP contribution in [0.5, 0.6) is 0 Å². The van der Waals surface area contributed by atoms with Crippen molar-refractivity contribution in [2.75, 3.05) is 0 Å². The maximum Gasteiger partial charge on any atom is 0.134 e. The highest BCUT2D eigenvalue weighted by Gasteiger charge is 2.61. The molecule has 124 valence electrons. The van der Waals surface area contributed by atoms with E-state index < -0.39 is 24.7 Å². The highest BCUT2D eigenvalue weighted by atomic mass is 28.3. The molecule has 0 spiro atoms. The lowest BCUT2D eigenvalue weighted by Gasteiger charge is -2.56. The van der Waals surface area contributed by atoms with E-state index in [1.807, 2.05) is 13.8 Å². The zero-order valence-electron chi connectivity index (χ0n) is 15.5. The molecule has 1 aliphatic rings. The van der Waals surface area contributed by atoms with Crippen molar-refractivity contribution in [2.45, 2.75) is 78.3 Å². The minimum atomic E-state index is -1.63. The van der Waals surface area contributed by atoms with Crippen LogP contribution in [-0.4, -0.2) is 29.5 Å². The number of hydrogen-bond acceptors (Lipinski definition) is 2. The van der Waals surface area contributed by atoms with E-state index in [0.29, 0.717) is 12.8 Å². The highest BCUT2D eigenvalue weighted by Crippen LogP contribution is 2.55. The Kier molecular flexibility index (Phi) is 4.75. The molecule has 0 saturated heterocycles. The Balaban J connectivity index is 3.45. The van der Waals surface area contributed by atoms with Crippen LogP contribution in [0.4, 0.5) is 0 Å². The lowest BCUT2D eigenvalue weighted by molar-refractivity contribution is -0.182. The van der Waals surface area contributed by atoms with Gasteiger partial charge in [0.2, 0.25) is 0 Å². The Morgan fingerprint density at radius 3 is 1.86 bits per heavy atom. The van der Waals surface area contributed by atoms with Gasteiger partial charge in [-0.15, -0.1) is 12.0 Å². The minimum absolute atomic E-state index is 0.0455. The van der Waals surface area contributed by atoms with Gasteiger partial charge in [-0.05, 0) is 24.2 Å².